The van der Waals surface area contributed by atoms with Gasteiger partial charge in [-0.05, 0) is 12.1 Å². The van der Waals surface area contributed by atoms with Gasteiger partial charge in [0.25, 0.3) is 5.88 Å². The second-order valence-electron chi connectivity index (χ2n) is 3.57. The van der Waals surface area contributed by atoms with Crippen molar-refractivity contribution < 1.29 is 13.5 Å². The van der Waals surface area contributed by atoms with Gasteiger partial charge in [0.15, 0.2) is 17.5 Å². The zero-order valence-corrected chi connectivity index (χ0v) is 9.95. The zero-order chi connectivity index (χ0) is 13.8. The molecule has 0 atom stereocenters. The summed E-state index contributed by atoms with van der Waals surface area (Å²) in [6.45, 7) is 0. The highest BCUT2D eigenvalue weighted by atomic mass is 19.1. The van der Waals surface area contributed by atoms with Crippen molar-refractivity contribution in [1.82, 2.24) is 4.98 Å². The van der Waals surface area contributed by atoms with Gasteiger partial charge in [-0.15, -0.1) is 0 Å². The van der Waals surface area contributed by atoms with E-state index in [1.807, 2.05) is 6.07 Å². The molecule has 0 saturated carbocycles. The van der Waals surface area contributed by atoms with E-state index in [4.69, 9.17) is 10.00 Å². The first kappa shape index (κ1) is 12.8. The number of pyridine rings is 1. The van der Waals surface area contributed by atoms with Crippen molar-refractivity contribution in [1.29, 1.82) is 5.26 Å². The molecule has 1 aromatic heterocycles. The van der Waals surface area contributed by atoms with Crippen molar-refractivity contribution in [3.63, 3.8) is 0 Å². The van der Waals surface area contributed by atoms with Gasteiger partial charge in [-0.2, -0.15) is 10.2 Å². The Morgan fingerprint density at radius 2 is 2.00 bits per heavy atom. The largest absolute Gasteiger partial charge is 0.435 e. The smallest absolute Gasteiger partial charge is 0.258 e. The SMILES string of the molecule is CNc1nc(Oc2ccccc2C#N)c(F)cc1F. The summed E-state index contributed by atoms with van der Waals surface area (Å²) in [4.78, 5) is 3.67. The molecule has 1 aromatic carbocycles. The molecule has 19 heavy (non-hydrogen) atoms. The fourth-order valence-corrected chi connectivity index (χ4v) is 1.45. The average molecular weight is 261 g/mol. The van der Waals surface area contributed by atoms with Gasteiger partial charge < -0.3 is 10.1 Å². The van der Waals surface area contributed by atoms with E-state index in [0.29, 0.717) is 6.07 Å². The Kier molecular flexibility index (Phi) is 3.57. The number of nitriles is 1. The van der Waals surface area contributed by atoms with Gasteiger partial charge in [0.2, 0.25) is 0 Å². The maximum atomic E-state index is 13.5. The molecule has 2 aromatic rings. The van der Waals surface area contributed by atoms with Crippen LogP contribution in [0.2, 0.25) is 0 Å². The van der Waals surface area contributed by atoms with Gasteiger partial charge in [-0.25, -0.2) is 8.78 Å². The third-order valence-electron chi connectivity index (χ3n) is 2.35. The minimum Gasteiger partial charge on any atom is -0.435 e. The molecule has 0 fully saturated rings. The van der Waals surface area contributed by atoms with Crippen molar-refractivity contribution in [2.24, 2.45) is 0 Å². The molecule has 4 nitrogen and oxygen atoms in total. The van der Waals surface area contributed by atoms with Crippen LogP contribution in [0.1, 0.15) is 5.56 Å². The molecule has 96 valence electrons. The molecule has 0 saturated heterocycles. The van der Waals surface area contributed by atoms with Crippen LogP contribution in [0.25, 0.3) is 0 Å². The molecule has 1 heterocycles. The predicted molar refractivity (Wildman–Crippen MR) is 64.9 cm³/mol. The Hall–Kier alpha value is -2.68. The highest BCUT2D eigenvalue weighted by Crippen LogP contribution is 2.27. The lowest BCUT2D eigenvalue weighted by Gasteiger charge is -2.09. The maximum Gasteiger partial charge on any atom is 0.258 e. The van der Waals surface area contributed by atoms with Crippen molar-refractivity contribution in [3.05, 3.63) is 47.5 Å². The number of aromatic nitrogens is 1. The van der Waals surface area contributed by atoms with Crippen LogP contribution in [0.3, 0.4) is 0 Å². The Labute approximate surface area is 108 Å². The lowest BCUT2D eigenvalue weighted by molar-refractivity contribution is 0.417. The van der Waals surface area contributed by atoms with Crippen LogP contribution in [0, 0.1) is 23.0 Å². The van der Waals surface area contributed by atoms with E-state index in [1.54, 1.807) is 12.1 Å². The van der Waals surface area contributed by atoms with Gasteiger partial charge in [0.05, 0.1) is 5.56 Å². The fourth-order valence-electron chi connectivity index (χ4n) is 1.45. The second kappa shape index (κ2) is 5.31. The Morgan fingerprint density at radius 3 is 2.68 bits per heavy atom. The first-order valence-corrected chi connectivity index (χ1v) is 5.36. The van der Waals surface area contributed by atoms with Gasteiger partial charge in [0.1, 0.15) is 11.8 Å². The standard InChI is InChI=1S/C13H9F2N3O/c1-17-12-9(14)6-10(15)13(18-12)19-11-5-3-2-4-8(11)7-16/h2-6H,1H3,(H,17,18). The van der Waals surface area contributed by atoms with Crippen LogP contribution in [-0.2, 0) is 0 Å². The average Bonchev–Trinajstić information content (AvgIpc) is 2.42. The van der Waals surface area contributed by atoms with Gasteiger partial charge >= 0.3 is 0 Å². The molecule has 6 heteroatoms. The molecule has 0 radical (unpaired) electrons. The fraction of sp³-hybridized carbons (Fsp3) is 0.0769. The lowest BCUT2D eigenvalue weighted by Crippen LogP contribution is -2.01. The number of rotatable bonds is 3. The monoisotopic (exact) mass is 261 g/mol. The molecule has 0 unspecified atom stereocenters. The molecule has 0 bridgehead atoms. The van der Waals surface area contributed by atoms with Crippen LogP contribution < -0.4 is 10.1 Å². The van der Waals surface area contributed by atoms with Crippen LogP contribution in [0.15, 0.2) is 30.3 Å². The summed E-state index contributed by atoms with van der Waals surface area (Å²) in [5.74, 6) is -2.13. The third kappa shape index (κ3) is 2.60. The van der Waals surface area contributed by atoms with Gasteiger partial charge in [-0.3, -0.25) is 0 Å². The summed E-state index contributed by atoms with van der Waals surface area (Å²) in [7, 11) is 1.45. The van der Waals surface area contributed by atoms with Crippen molar-refractivity contribution >= 4 is 5.82 Å². The number of halogens is 2. The van der Waals surface area contributed by atoms with Gasteiger partial charge in [0, 0.05) is 13.1 Å². The summed E-state index contributed by atoms with van der Waals surface area (Å²) in [5.41, 5.74) is 0.235. The highest BCUT2D eigenvalue weighted by molar-refractivity contribution is 5.46. The Morgan fingerprint density at radius 1 is 1.26 bits per heavy atom. The number of para-hydroxylation sites is 1. The number of nitrogens with zero attached hydrogens (tertiary/aromatic N) is 2. The second-order valence-corrected chi connectivity index (χ2v) is 3.57. The lowest BCUT2D eigenvalue weighted by atomic mass is 10.2. The van der Waals surface area contributed by atoms with Crippen molar-refractivity contribution in [2.45, 2.75) is 0 Å². The maximum absolute atomic E-state index is 13.5. The van der Waals surface area contributed by atoms with Crippen LogP contribution in [0.4, 0.5) is 14.6 Å². The number of benzene rings is 1. The van der Waals surface area contributed by atoms with Crippen molar-refractivity contribution in [3.8, 4) is 17.7 Å². The number of hydrogen-bond acceptors (Lipinski definition) is 4. The van der Waals surface area contributed by atoms with E-state index in [2.05, 4.69) is 10.3 Å². The van der Waals surface area contributed by atoms with Crippen LogP contribution in [-0.4, -0.2) is 12.0 Å². The minimum atomic E-state index is -0.941. The number of anilines is 1. The van der Waals surface area contributed by atoms with Crippen LogP contribution in [0.5, 0.6) is 11.6 Å². The molecule has 0 amide bonds. The van der Waals surface area contributed by atoms with Crippen molar-refractivity contribution in [2.75, 3.05) is 12.4 Å². The summed E-state index contributed by atoms with van der Waals surface area (Å²) < 4.78 is 32.0. The summed E-state index contributed by atoms with van der Waals surface area (Å²) in [6, 6.07) is 8.89. The number of hydrogen-bond donors (Lipinski definition) is 1. The Bertz CT molecular complexity index is 653. The quantitative estimate of drug-likeness (QED) is 0.922. The van der Waals surface area contributed by atoms with E-state index in [9.17, 15) is 8.78 Å². The minimum absolute atomic E-state index is 0.133. The molecular weight excluding hydrogens is 252 g/mol. The van der Waals surface area contributed by atoms with E-state index in [-0.39, 0.29) is 17.1 Å². The Balaban J connectivity index is 2.41. The summed E-state index contributed by atoms with van der Waals surface area (Å²) in [6.07, 6.45) is 0. The highest BCUT2D eigenvalue weighted by Gasteiger charge is 2.14. The summed E-state index contributed by atoms with van der Waals surface area (Å²) >= 11 is 0. The zero-order valence-electron chi connectivity index (χ0n) is 9.95. The predicted octanol–water partition coefficient (Wildman–Crippen LogP) is 3.07. The topological polar surface area (TPSA) is 57.9 Å². The van der Waals surface area contributed by atoms with E-state index in [0.717, 1.165) is 0 Å². The molecule has 0 aliphatic rings. The first-order chi connectivity index (χ1) is 9.15. The van der Waals surface area contributed by atoms with E-state index >= 15 is 0 Å². The normalized spacial score (nSPS) is 9.79. The van der Waals surface area contributed by atoms with E-state index < -0.39 is 17.5 Å². The number of ether oxygens (including phenoxy) is 1. The van der Waals surface area contributed by atoms with Crippen LogP contribution >= 0.6 is 0 Å². The molecule has 2 rings (SSSR count). The molecular formula is C13H9F2N3O. The van der Waals surface area contributed by atoms with Gasteiger partial charge in [-0.1, -0.05) is 12.1 Å². The summed E-state index contributed by atoms with van der Waals surface area (Å²) in [5, 5.41) is 11.4. The molecule has 0 spiro atoms. The third-order valence-corrected chi connectivity index (χ3v) is 2.35. The molecule has 0 aliphatic heterocycles. The number of nitrogens with one attached hydrogen (secondary N) is 1. The van der Waals surface area contributed by atoms with E-state index in [1.165, 1.54) is 19.2 Å². The first-order valence-electron chi connectivity index (χ1n) is 5.36. The molecule has 1 N–H and O–H groups in total. The molecule has 0 aliphatic carbocycles.